The topological polar surface area (TPSA) is 83.1 Å². The molecule has 0 unspecified atom stereocenters. The lowest BCUT2D eigenvalue weighted by molar-refractivity contribution is -0.225. The summed E-state index contributed by atoms with van der Waals surface area (Å²) in [7, 11) is 3.16. The van der Waals surface area contributed by atoms with Crippen molar-refractivity contribution >= 4 is 23.6 Å². The molecule has 2 aliphatic heterocycles. The van der Waals surface area contributed by atoms with Crippen LogP contribution in [0.1, 0.15) is 25.7 Å². The number of carbonyl (C=O) groups excluding carboxylic acids is 2. The van der Waals surface area contributed by atoms with Crippen LogP contribution in [0.15, 0.2) is 47.4 Å². The number of rotatable bonds is 4. The maximum absolute atomic E-state index is 12.4. The molecule has 0 bridgehead atoms. The predicted molar refractivity (Wildman–Crippen MR) is 113 cm³/mol. The van der Waals surface area contributed by atoms with Crippen LogP contribution in [0.5, 0.6) is 0 Å². The van der Waals surface area contributed by atoms with Crippen molar-refractivity contribution < 1.29 is 28.5 Å². The molecule has 1 N–H and O–H groups in total. The summed E-state index contributed by atoms with van der Waals surface area (Å²) in [5.74, 6) is -0.391. The van der Waals surface area contributed by atoms with E-state index in [1.54, 1.807) is 14.2 Å². The second-order valence-corrected chi connectivity index (χ2v) is 8.35. The van der Waals surface area contributed by atoms with Crippen molar-refractivity contribution in [3.63, 3.8) is 0 Å². The van der Waals surface area contributed by atoms with Crippen LogP contribution in [0.4, 0.5) is 0 Å². The number of fused-ring (bicyclic) bond motifs is 1. The number of amides is 1. The molecule has 1 amide bonds. The zero-order valence-electron chi connectivity index (χ0n) is 17.3. The largest absolute Gasteiger partial charge is 0.457 e. The minimum absolute atomic E-state index is 0.0670. The second kappa shape index (κ2) is 11.5. The van der Waals surface area contributed by atoms with Gasteiger partial charge in [0.25, 0.3) is 0 Å². The minimum Gasteiger partial charge on any atom is -0.457 e. The van der Waals surface area contributed by atoms with Gasteiger partial charge in [-0.1, -0.05) is 42.1 Å². The monoisotopic (exact) mass is 435 g/mol. The Balaban J connectivity index is 1.83. The van der Waals surface area contributed by atoms with E-state index >= 15 is 0 Å². The quantitative estimate of drug-likeness (QED) is 0.575. The maximum atomic E-state index is 12.4. The highest BCUT2D eigenvalue weighted by molar-refractivity contribution is 7.99. The van der Waals surface area contributed by atoms with Gasteiger partial charge in [-0.05, 0) is 25.0 Å². The first-order chi connectivity index (χ1) is 14.6. The highest BCUT2D eigenvalue weighted by Crippen LogP contribution is 2.36. The van der Waals surface area contributed by atoms with Gasteiger partial charge in [0.05, 0.1) is 0 Å². The van der Waals surface area contributed by atoms with Crippen molar-refractivity contribution in [3.05, 3.63) is 42.5 Å². The molecule has 2 aliphatic rings. The summed E-state index contributed by atoms with van der Waals surface area (Å²) in [6.45, 7) is 0.225. The lowest BCUT2D eigenvalue weighted by Crippen LogP contribution is -2.61. The van der Waals surface area contributed by atoms with Crippen molar-refractivity contribution in [2.75, 3.05) is 20.8 Å². The Morgan fingerprint density at radius 2 is 1.70 bits per heavy atom. The lowest BCUT2D eigenvalue weighted by atomic mass is 9.98. The molecule has 1 saturated heterocycles. The van der Waals surface area contributed by atoms with Crippen LogP contribution < -0.4 is 5.32 Å². The van der Waals surface area contributed by atoms with Gasteiger partial charge in [-0.2, -0.15) is 0 Å². The van der Waals surface area contributed by atoms with Crippen molar-refractivity contribution in [1.82, 2.24) is 5.32 Å². The van der Waals surface area contributed by atoms with Crippen molar-refractivity contribution in [2.45, 2.75) is 60.4 Å². The number of carbonyl (C=O) groups is 2. The van der Waals surface area contributed by atoms with E-state index in [9.17, 15) is 9.59 Å². The zero-order chi connectivity index (χ0) is 21.3. The maximum Gasteiger partial charge on any atom is 0.306 e. The van der Waals surface area contributed by atoms with Crippen LogP contribution >= 0.6 is 11.8 Å². The molecule has 0 aromatic heterocycles. The van der Waals surface area contributed by atoms with Gasteiger partial charge in [-0.25, -0.2) is 0 Å². The predicted octanol–water partition coefficient (Wildman–Crippen LogP) is 2.69. The third-order valence-corrected chi connectivity index (χ3v) is 6.27. The van der Waals surface area contributed by atoms with E-state index in [4.69, 9.17) is 18.9 Å². The molecule has 1 aromatic rings. The lowest BCUT2D eigenvalue weighted by Gasteiger charge is -2.44. The molecule has 2 heterocycles. The first kappa shape index (κ1) is 22.8. The summed E-state index contributed by atoms with van der Waals surface area (Å²) in [6, 6.07) is 9.85. The average molecular weight is 436 g/mol. The molecule has 1 fully saturated rings. The van der Waals surface area contributed by atoms with E-state index in [0.717, 1.165) is 4.90 Å². The number of allylic oxidation sites excluding steroid dienone is 2. The van der Waals surface area contributed by atoms with Crippen molar-refractivity contribution in [2.24, 2.45) is 0 Å². The van der Waals surface area contributed by atoms with E-state index in [1.165, 1.54) is 11.8 Å². The standard InChI is InChI=1S/C22H29NO6S/c1-26-20-19-16(14-23-17(24)12-8-3-4-9-13-18(25)29-19)28-22(21(20)27-2)30-15-10-6-5-7-11-15/h3-7,10-11,16,19-22H,8-9,12-14H2,1-2H3,(H,23,24)/b4-3+/t16-,19-,20+,21-,22+/m1/s1. The van der Waals surface area contributed by atoms with Gasteiger partial charge in [-0.15, -0.1) is 0 Å². The molecule has 0 spiro atoms. The summed E-state index contributed by atoms with van der Waals surface area (Å²) >= 11 is 1.52. The summed E-state index contributed by atoms with van der Waals surface area (Å²) in [5, 5.41) is 2.90. The molecule has 3 rings (SSSR count). The Morgan fingerprint density at radius 3 is 2.40 bits per heavy atom. The van der Waals surface area contributed by atoms with Crippen LogP contribution in [0, 0.1) is 0 Å². The fourth-order valence-corrected chi connectivity index (χ4v) is 4.77. The molecule has 164 valence electrons. The molecule has 0 saturated carbocycles. The van der Waals surface area contributed by atoms with Gasteiger partial charge in [0, 0.05) is 38.5 Å². The highest BCUT2D eigenvalue weighted by atomic mass is 32.2. The van der Waals surface area contributed by atoms with Crippen LogP contribution in [0.2, 0.25) is 0 Å². The average Bonchev–Trinajstić information content (AvgIpc) is 2.76. The molecule has 5 atom stereocenters. The highest BCUT2D eigenvalue weighted by Gasteiger charge is 2.49. The van der Waals surface area contributed by atoms with E-state index in [-0.39, 0.29) is 24.8 Å². The summed E-state index contributed by atoms with van der Waals surface area (Å²) < 4.78 is 23.5. The van der Waals surface area contributed by atoms with E-state index < -0.39 is 29.9 Å². The number of methoxy groups -OCH3 is 2. The number of hydrogen-bond donors (Lipinski definition) is 1. The van der Waals surface area contributed by atoms with Gasteiger partial charge in [0.1, 0.15) is 23.7 Å². The molecule has 0 aliphatic carbocycles. The number of nitrogens with one attached hydrogen (secondary N) is 1. The van der Waals surface area contributed by atoms with Gasteiger partial charge in [0.15, 0.2) is 6.10 Å². The fourth-order valence-electron chi connectivity index (χ4n) is 3.59. The number of ether oxygens (including phenoxy) is 4. The number of hydrogen-bond acceptors (Lipinski definition) is 7. The van der Waals surface area contributed by atoms with Gasteiger partial charge in [-0.3, -0.25) is 9.59 Å². The third-order valence-electron chi connectivity index (χ3n) is 5.12. The molecule has 7 nitrogen and oxygen atoms in total. The van der Waals surface area contributed by atoms with E-state index in [1.807, 2.05) is 42.5 Å². The molecule has 8 heteroatoms. The van der Waals surface area contributed by atoms with Crippen LogP contribution in [-0.2, 0) is 28.5 Å². The first-order valence-electron chi connectivity index (χ1n) is 10.2. The normalized spacial score (nSPS) is 31.9. The Kier molecular flexibility index (Phi) is 8.74. The number of benzene rings is 1. The fraction of sp³-hybridized carbons (Fsp3) is 0.545. The Hall–Kier alpha value is -1.87. The smallest absolute Gasteiger partial charge is 0.306 e. The second-order valence-electron chi connectivity index (χ2n) is 7.18. The van der Waals surface area contributed by atoms with E-state index in [0.29, 0.717) is 19.3 Å². The molecule has 1 aromatic carbocycles. The van der Waals surface area contributed by atoms with Gasteiger partial charge in [0.2, 0.25) is 5.91 Å². The van der Waals surface area contributed by atoms with Crippen LogP contribution in [0.3, 0.4) is 0 Å². The van der Waals surface area contributed by atoms with Crippen LogP contribution in [-0.4, -0.2) is 62.5 Å². The summed E-state index contributed by atoms with van der Waals surface area (Å²) in [5.41, 5.74) is -0.392. The zero-order valence-corrected chi connectivity index (χ0v) is 18.1. The molecular formula is C22H29NO6S. The minimum atomic E-state index is -0.690. The molecular weight excluding hydrogens is 406 g/mol. The Morgan fingerprint density at radius 1 is 1.00 bits per heavy atom. The Bertz CT molecular complexity index is 728. The summed E-state index contributed by atoms with van der Waals surface area (Å²) in [4.78, 5) is 25.7. The molecule has 30 heavy (non-hydrogen) atoms. The first-order valence-corrected chi connectivity index (χ1v) is 11.0. The van der Waals surface area contributed by atoms with Gasteiger partial charge < -0.3 is 24.3 Å². The van der Waals surface area contributed by atoms with Crippen LogP contribution in [0.25, 0.3) is 0 Å². The number of thioether (sulfide) groups is 1. The van der Waals surface area contributed by atoms with Crippen molar-refractivity contribution in [1.29, 1.82) is 0 Å². The molecule has 0 radical (unpaired) electrons. The van der Waals surface area contributed by atoms with E-state index in [2.05, 4.69) is 5.32 Å². The SMILES string of the molecule is CO[C@@H]1[C@@H](OC)[C@H](Sc2ccccc2)O[C@@H]2CNC(=O)CC/C=C/CCC(=O)O[C@@H]12. The summed E-state index contributed by atoms with van der Waals surface area (Å²) in [6.07, 6.45) is 3.44. The van der Waals surface area contributed by atoms with Crippen molar-refractivity contribution in [3.8, 4) is 0 Å². The van der Waals surface area contributed by atoms with Gasteiger partial charge >= 0.3 is 5.97 Å². The Labute approximate surface area is 181 Å². The third kappa shape index (κ3) is 6.07. The number of esters is 1.